The quantitative estimate of drug-likeness (QED) is 0.712. The number of aromatic nitrogens is 2. The Kier molecular flexibility index (Phi) is 2.82. The van der Waals surface area contributed by atoms with Gasteiger partial charge in [-0.05, 0) is 6.42 Å². The number of anilines is 2. The standard InChI is InChI=1S/C9H12ClN5O/c10-6-3-7(14-9(12)13-6)15-2-1-5(4-15)8(11)16/h3,5H,1-2,4H2,(H2,11,16)(H2,12,13,14). The van der Waals surface area contributed by atoms with Crippen LogP contribution in [0.25, 0.3) is 0 Å². The number of carbonyl (C=O) groups excluding carboxylic acids is 1. The third kappa shape index (κ3) is 2.16. The maximum atomic E-state index is 11.0. The Morgan fingerprint density at radius 2 is 2.31 bits per heavy atom. The van der Waals surface area contributed by atoms with Gasteiger partial charge in [-0.15, -0.1) is 0 Å². The van der Waals surface area contributed by atoms with Gasteiger partial charge >= 0.3 is 0 Å². The highest BCUT2D eigenvalue weighted by atomic mass is 35.5. The molecule has 1 aliphatic rings. The normalized spacial score (nSPS) is 20.1. The summed E-state index contributed by atoms with van der Waals surface area (Å²) in [6.45, 7) is 1.28. The number of primary amides is 1. The number of halogens is 1. The SMILES string of the molecule is NC(=O)C1CCN(c2cc(Cl)nc(N)n2)C1. The fourth-order valence-corrected chi connectivity index (χ4v) is 1.97. The Morgan fingerprint density at radius 3 is 2.88 bits per heavy atom. The summed E-state index contributed by atoms with van der Waals surface area (Å²) in [6, 6.07) is 1.63. The number of hydrogen-bond donors (Lipinski definition) is 2. The van der Waals surface area contributed by atoms with Gasteiger partial charge in [0, 0.05) is 19.2 Å². The molecule has 0 spiro atoms. The van der Waals surface area contributed by atoms with Crippen LogP contribution >= 0.6 is 11.6 Å². The summed E-state index contributed by atoms with van der Waals surface area (Å²) in [5.74, 6) is 0.358. The first-order valence-electron chi connectivity index (χ1n) is 4.90. The summed E-state index contributed by atoms with van der Waals surface area (Å²) < 4.78 is 0. The molecule has 86 valence electrons. The molecule has 1 aromatic heterocycles. The van der Waals surface area contributed by atoms with E-state index in [0.717, 1.165) is 13.0 Å². The van der Waals surface area contributed by atoms with Gasteiger partial charge in [-0.1, -0.05) is 11.6 Å². The number of nitrogens with two attached hydrogens (primary N) is 2. The molecule has 4 N–H and O–H groups in total. The first kappa shape index (κ1) is 10.9. The smallest absolute Gasteiger partial charge is 0.223 e. The summed E-state index contributed by atoms with van der Waals surface area (Å²) in [5, 5.41) is 0.296. The third-order valence-electron chi connectivity index (χ3n) is 2.61. The fourth-order valence-electron chi connectivity index (χ4n) is 1.79. The first-order chi connectivity index (χ1) is 7.56. The van der Waals surface area contributed by atoms with Crippen molar-refractivity contribution in [1.29, 1.82) is 0 Å². The predicted octanol–water partition coefficient (Wildman–Crippen LogP) is 0.0238. The lowest BCUT2D eigenvalue weighted by atomic mass is 10.1. The van der Waals surface area contributed by atoms with Crippen LogP contribution in [0.4, 0.5) is 11.8 Å². The Labute approximate surface area is 97.6 Å². The third-order valence-corrected chi connectivity index (χ3v) is 2.81. The second kappa shape index (κ2) is 4.13. The summed E-state index contributed by atoms with van der Waals surface area (Å²) in [5.41, 5.74) is 10.7. The van der Waals surface area contributed by atoms with Gasteiger partial charge in [0.2, 0.25) is 11.9 Å². The van der Waals surface area contributed by atoms with E-state index in [2.05, 4.69) is 9.97 Å². The number of nitrogen functional groups attached to an aromatic ring is 1. The van der Waals surface area contributed by atoms with Crippen LogP contribution in [0.15, 0.2) is 6.07 Å². The molecule has 0 saturated carbocycles. The van der Waals surface area contributed by atoms with Crippen molar-refractivity contribution < 1.29 is 4.79 Å². The van der Waals surface area contributed by atoms with Crippen LogP contribution in [-0.4, -0.2) is 29.0 Å². The molecule has 16 heavy (non-hydrogen) atoms. The summed E-state index contributed by atoms with van der Waals surface area (Å²) in [6.07, 6.45) is 0.733. The number of carbonyl (C=O) groups is 1. The molecule has 1 aliphatic heterocycles. The average molecular weight is 242 g/mol. The van der Waals surface area contributed by atoms with Crippen molar-refractivity contribution in [3.8, 4) is 0 Å². The van der Waals surface area contributed by atoms with Gasteiger partial charge in [0.25, 0.3) is 0 Å². The molecule has 1 unspecified atom stereocenters. The van der Waals surface area contributed by atoms with Crippen LogP contribution in [0.3, 0.4) is 0 Å². The average Bonchev–Trinajstić information content (AvgIpc) is 2.64. The fraction of sp³-hybridized carbons (Fsp3) is 0.444. The summed E-state index contributed by atoms with van der Waals surface area (Å²) in [7, 11) is 0. The molecule has 7 heteroatoms. The van der Waals surface area contributed by atoms with Crippen molar-refractivity contribution in [1.82, 2.24) is 9.97 Å². The highest BCUT2D eigenvalue weighted by Gasteiger charge is 2.27. The van der Waals surface area contributed by atoms with Crippen molar-refractivity contribution in [2.45, 2.75) is 6.42 Å². The van der Waals surface area contributed by atoms with E-state index < -0.39 is 0 Å². The van der Waals surface area contributed by atoms with Crippen molar-refractivity contribution in [3.05, 3.63) is 11.2 Å². The number of rotatable bonds is 2. The molecule has 6 nitrogen and oxygen atoms in total. The van der Waals surface area contributed by atoms with E-state index in [1.54, 1.807) is 6.07 Å². The van der Waals surface area contributed by atoms with Crippen molar-refractivity contribution >= 4 is 29.3 Å². The summed E-state index contributed by atoms with van der Waals surface area (Å²) in [4.78, 5) is 20.8. The molecule has 1 fully saturated rings. The molecule has 2 heterocycles. The minimum Gasteiger partial charge on any atom is -0.369 e. The summed E-state index contributed by atoms with van der Waals surface area (Å²) >= 11 is 5.78. The first-order valence-corrected chi connectivity index (χ1v) is 5.28. The Bertz CT molecular complexity index is 404. The van der Waals surface area contributed by atoms with Crippen LogP contribution in [0.1, 0.15) is 6.42 Å². The minimum atomic E-state index is -0.282. The lowest BCUT2D eigenvalue weighted by molar-refractivity contribution is -0.121. The van der Waals surface area contributed by atoms with Crippen LogP contribution in [0.5, 0.6) is 0 Å². The maximum Gasteiger partial charge on any atom is 0.223 e. The lowest BCUT2D eigenvalue weighted by Crippen LogP contribution is -2.27. The van der Waals surface area contributed by atoms with Crippen molar-refractivity contribution in [2.24, 2.45) is 11.7 Å². The second-order valence-corrected chi connectivity index (χ2v) is 4.13. The van der Waals surface area contributed by atoms with E-state index in [1.165, 1.54) is 0 Å². The van der Waals surface area contributed by atoms with Crippen molar-refractivity contribution in [3.63, 3.8) is 0 Å². The van der Waals surface area contributed by atoms with Crippen LogP contribution < -0.4 is 16.4 Å². The van der Waals surface area contributed by atoms with Gasteiger partial charge in [0.15, 0.2) is 0 Å². The zero-order valence-corrected chi connectivity index (χ0v) is 9.31. The molecule has 0 aromatic carbocycles. The highest BCUT2D eigenvalue weighted by molar-refractivity contribution is 6.29. The van der Waals surface area contributed by atoms with E-state index >= 15 is 0 Å². The topological polar surface area (TPSA) is 98.1 Å². The zero-order chi connectivity index (χ0) is 11.7. The van der Waals surface area contributed by atoms with Gasteiger partial charge in [0.1, 0.15) is 11.0 Å². The monoisotopic (exact) mass is 241 g/mol. The van der Waals surface area contributed by atoms with Gasteiger partial charge in [-0.2, -0.15) is 4.98 Å². The number of amides is 1. The van der Waals surface area contributed by atoms with Gasteiger partial charge in [0.05, 0.1) is 5.92 Å². The molecule has 2 rings (SSSR count). The largest absolute Gasteiger partial charge is 0.369 e. The van der Waals surface area contributed by atoms with E-state index in [-0.39, 0.29) is 17.8 Å². The lowest BCUT2D eigenvalue weighted by Gasteiger charge is -2.16. The second-order valence-electron chi connectivity index (χ2n) is 3.74. The van der Waals surface area contributed by atoms with Crippen LogP contribution in [0.2, 0.25) is 5.15 Å². The molecule has 1 atom stereocenters. The molecular weight excluding hydrogens is 230 g/mol. The van der Waals surface area contributed by atoms with E-state index in [1.807, 2.05) is 4.90 Å². The Balaban J connectivity index is 2.17. The maximum absolute atomic E-state index is 11.0. The van der Waals surface area contributed by atoms with Gasteiger partial charge < -0.3 is 16.4 Å². The molecular formula is C9H12ClN5O. The predicted molar refractivity (Wildman–Crippen MR) is 61.0 cm³/mol. The molecule has 1 saturated heterocycles. The van der Waals surface area contributed by atoms with Gasteiger partial charge in [-0.25, -0.2) is 4.98 Å². The molecule has 0 radical (unpaired) electrons. The van der Waals surface area contributed by atoms with E-state index in [4.69, 9.17) is 23.1 Å². The van der Waals surface area contributed by atoms with Gasteiger partial charge in [-0.3, -0.25) is 4.79 Å². The van der Waals surface area contributed by atoms with Crippen LogP contribution in [0, 0.1) is 5.92 Å². The van der Waals surface area contributed by atoms with Crippen molar-refractivity contribution in [2.75, 3.05) is 23.7 Å². The molecule has 1 amide bonds. The Morgan fingerprint density at radius 1 is 1.56 bits per heavy atom. The molecule has 1 aromatic rings. The Hall–Kier alpha value is -1.56. The molecule has 0 bridgehead atoms. The zero-order valence-electron chi connectivity index (χ0n) is 8.56. The van der Waals surface area contributed by atoms with E-state index in [0.29, 0.717) is 17.5 Å². The number of nitrogens with zero attached hydrogens (tertiary/aromatic N) is 3. The molecule has 0 aliphatic carbocycles. The van der Waals surface area contributed by atoms with E-state index in [9.17, 15) is 4.79 Å². The van der Waals surface area contributed by atoms with Crippen LogP contribution in [-0.2, 0) is 4.79 Å². The minimum absolute atomic E-state index is 0.130. The highest BCUT2D eigenvalue weighted by Crippen LogP contribution is 2.24. The number of hydrogen-bond acceptors (Lipinski definition) is 5.